The minimum Gasteiger partial charge on any atom is -0.508 e. The van der Waals surface area contributed by atoms with Crippen molar-refractivity contribution in [3.8, 4) is 11.5 Å². The first-order valence-corrected chi connectivity index (χ1v) is 15.0. The molecule has 0 spiro atoms. The number of aromatic hydroxyl groups is 2. The Bertz CT molecular complexity index is 1590. The van der Waals surface area contributed by atoms with Crippen molar-refractivity contribution in [2.75, 3.05) is 36.5 Å². The van der Waals surface area contributed by atoms with Crippen LogP contribution in [0, 0.1) is 0 Å². The number of fused-ring (bicyclic) bond motifs is 1. The van der Waals surface area contributed by atoms with Gasteiger partial charge in [-0.3, -0.25) is 4.79 Å². The van der Waals surface area contributed by atoms with Crippen molar-refractivity contribution in [1.82, 2.24) is 24.8 Å². The molecule has 2 fully saturated rings. The predicted octanol–water partition coefficient (Wildman–Crippen LogP) is 0.553. The maximum Gasteiger partial charge on any atom is 0.229 e. The number of aliphatic hydroxyl groups is 3. The fourth-order valence-electron chi connectivity index (χ4n) is 6.23. The number of benzene rings is 2. The number of aromatic nitrogens is 4. The summed E-state index contributed by atoms with van der Waals surface area (Å²) >= 11 is 0. The average Bonchev–Trinajstić information content (AvgIpc) is 3.73. The number of nitrogens with zero attached hydrogens (tertiary/aromatic N) is 5. The molecule has 1 aliphatic carbocycles. The van der Waals surface area contributed by atoms with Crippen molar-refractivity contribution in [3.63, 3.8) is 0 Å². The zero-order chi connectivity index (χ0) is 31.7. The summed E-state index contributed by atoms with van der Waals surface area (Å²) in [6.07, 6.45) is 0.0466. The molecule has 238 valence electrons. The van der Waals surface area contributed by atoms with Crippen LogP contribution in [0.2, 0.25) is 0 Å². The average molecular weight is 619 g/mol. The summed E-state index contributed by atoms with van der Waals surface area (Å²) in [6.45, 7) is 1.32. The van der Waals surface area contributed by atoms with Crippen LogP contribution in [0.1, 0.15) is 42.3 Å². The number of phenolic OH excluding ortho intramolecular Hbond substituents is 2. The standard InChI is InChI=1S/C31H38N8O6/c32-19-9-11-38(15-19)31-36-29(33-14-22(17-1-5-20(41)6-2-17)18-3-7-21(42)8-4-18)26-30(37-31)39(16-34-26)24-13-23(27(44)28(24)45)35-25(43)10-12-40/h1-8,16,19,22-24,27-28,40-42,44-45H,9-15,32H2,(H,35,43)(H,33,36,37)/t19-,23+,24-,27-,28+/m1/s1. The molecule has 1 saturated carbocycles. The highest BCUT2D eigenvalue weighted by Crippen LogP contribution is 2.36. The number of imidazole rings is 1. The number of amides is 1. The molecular weight excluding hydrogens is 580 g/mol. The van der Waals surface area contributed by atoms with Crippen LogP contribution in [-0.4, -0.2) is 101 Å². The largest absolute Gasteiger partial charge is 0.508 e. The molecule has 1 aliphatic heterocycles. The molecule has 0 radical (unpaired) electrons. The summed E-state index contributed by atoms with van der Waals surface area (Å²) < 4.78 is 1.71. The Kier molecular flexibility index (Phi) is 8.72. The topological polar surface area (TPSA) is 215 Å². The van der Waals surface area contributed by atoms with Crippen molar-refractivity contribution in [1.29, 1.82) is 0 Å². The highest BCUT2D eigenvalue weighted by atomic mass is 16.3. The van der Waals surface area contributed by atoms with Crippen LogP contribution >= 0.6 is 0 Å². The highest BCUT2D eigenvalue weighted by Gasteiger charge is 2.44. The number of aliphatic hydroxyl groups excluding tert-OH is 3. The Labute approximate surface area is 259 Å². The number of nitrogens with two attached hydrogens (primary N) is 1. The summed E-state index contributed by atoms with van der Waals surface area (Å²) in [5.74, 6) is 0.633. The van der Waals surface area contributed by atoms with Gasteiger partial charge in [0.1, 0.15) is 23.7 Å². The zero-order valence-corrected chi connectivity index (χ0v) is 24.6. The lowest BCUT2D eigenvalue weighted by Crippen LogP contribution is -2.43. The Morgan fingerprint density at radius 1 is 1.00 bits per heavy atom. The molecule has 2 aromatic heterocycles. The summed E-state index contributed by atoms with van der Waals surface area (Å²) in [7, 11) is 0. The maximum absolute atomic E-state index is 12.1. The maximum atomic E-state index is 12.1. The second-order valence-corrected chi connectivity index (χ2v) is 11.7. The van der Waals surface area contributed by atoms with Gasteiger partial charge in [-0.05, 0) is 48.2 Å². The third-order valence-electron chi connectivity index (χ3n) is 8.68. The number of nitrogens with one attached hydrogen (secondary N) is 2. The molecule has 0 bridgehead atoms. The lowest BCUT2D eigenvalue weighted by Gasteiger charge is -2.22. The number of phenols is 2. The molecule has 2 aromatic carbocycles. The van der Waals surface area contributed by atoms with Gasteiger partial charge in [0, 0.05) is 38.0 Å². The molecule has 6 rings (SSSR count). The predicted molar refractivity (Wildman–Crippen MR) is 166 cm³/mol. The second-order valence-electron chi connectivity index (χ2n) is 11.7. The van der Waals surface area contributed by atoms with Crippen LogP contribution in [-0.2, 0) is 4.79 Å². The van der Waals surface area contributed by atoms with Gasteiger partial charge in [0.15, 0.2) is 17.0 Å². The first-order chi connectivity index (χ1) is 21.7. The van der Waals surface area contributed by atoms with E-state index in [4.69, 9.17) is 20.8 Å². The van der Waals surface area contributed by atoms with Crippen molar-refractivity contribution >= 4 is 28.8 Å². The number of hydrogen-bond acceptors (Lipinski definition) is 12. The smallest absolute Gasteiger partial charge is 0.229 e. The van der Waals surface area contributed by atoms with Gasteiger partial charge in [0.05, 0.1) is 25.0 Å². The van der Waals surface area contributed by atoms with Crippen LogP contribution in [0.25, 0.3) is 11.2 Å². The lowest BCUT2D eigenvalue weighted by molar-refractivity contribution is -0.123. The number of rotatable bonds is 10. The molecular formula is C31H38N8O6. The number of carbonyl (C=O) groups is 1. The Balaban J connectivity index is 1.35. The molecule has 0 unspecified atom stereocenters. The molecule has 14 heteroatoms. The molecule has 1 saturated heterocycles. The van der Waals surface area contributed by atoms with Gasteiger partial charge in [0.25, 0.3) is 0 Å². The molecule has 14 nitrogen and oxygen atoms in total. The summed E-state index contributed by atoms with van der Waals surface area (Å²) in [5, 5.41) is 56.8. The van der Waals surface area contributed by atoms with Gasteiger partial charge in [-0.15, -0.1) is 0 Å². The fourth-order valence-corrected chi connectivity index (χ4v) is 6.23. The molecule has 45 heavy (non-hydrogen) atoms. The molecule has 5 atom stereocenters. The minimum absolute atomic E-state index is 0.0194. The van der Waals surface area contributed by atoms with E-state index in [9.17, 15) is 25.2 Å². The van der Waals surface area contributed by atoms with E-state index in [1.54, 1.807) is 35.2 Å². The van der Waals surface area contributed by atoms with E-state index in [1.165, 1.54) is 0 Å². The van der Waals surface area contributed by atoms with E-state index in [1.807, 2.05) is 29.2 Å². The summed E-state index contributed by atoms with van der Waals surface area (Å²) in [4.78, 5) is 28.5. The lowest BCUT2D eigenvalue weighted by atomic mass is 9.91. The van der Waals surface area contributed by atoms with Crippen molar-refractivity contribution in [3.05, 3.63) is 66.0 Å². The Hall–Kier alpha value is -4.50. The van der Waals surface area contributed by atoms with Gasteiger partial charge >= 0.3 is 0 Å². The van der Waals surface area contributed by atoms with Crippen LogP contribution in [0.15, 0.2) is 54.9 Å². The van der Waals surface area contributed by atoms with Crippen molar-refractivity contribution < 1.29 is 30.3 Å². The quantitative estimate of drug-likeness (QED) is 0.122. The van der Waals surface area contributed by atoms with Crippen molar-refractivity contribution in [2.45, 2.75) is 55.5 Å². The third kappa shape index (κ3) is 6.35. The second kappa shape index (κ2) is 12.9. The number of carbonyl (C=O) groups excluding carboxylic acids is 1. The van der Waals surface area contributed by atoms with Crippen LogP contribution in [0.5, 0.6) is 11.5 Å². The van der Waals surface area contributed by atoms with Gasteiger partial charge in [-0.1, -0.05) is 24.3 Å². The van der Waals surface area contributed by atoms with E-state index in [-0.39, 0.29) is 42.9 Å². The van der Waals surface area contributed by atoms with E-state index >= 15 is 0 Å². The first kappa shape index (κ1) is 30.5. The normalized spacial score (nSPS) is 23.2. The van der Waals surface area contributed by atoms with Crippen LogP contribution < -0.4 is 21.3 Å². The third-order valence-corrected chi connectivity index (χ3v) is 8.68. The van der Waals surface area contributed by atoms with Gasteiger partial charge in [-0.2, -0.15) is 9.97 Å². The molecule has 3 heterocycles. The van der Waals surface area contributed by atoms with Gasteiger partial charge in [-0.25, -0.2) is 4.98 Å². The Morgan fingerprint density at radius 2 is 1.67 bits per heavy atom. The molecule has 1 amide bonds. The zero-order valence-electron chi connectivity index (χ0n) is 24.6. The highest BCUT2D eigenvalue weighted by molar-refractivity contribution is 5.84. The molecule has 9 N–H and O–H groups in total. The van der Waals surface area contributed by atoms with E-state index < -0.39 is 30.2 Å². The molecule has 4 aromatic rings. The van der Waals surface area contributed by atoms with Crippen LogP contribution in [0.3, 0.4) is 0 Å². The van der Waals surface area contributed by atoms with Gasteiger partial charge < -0.3 is 51.4 Å². The number of hydrogen-bond donors (Lipinski definition) is 8. The van der Waals surface area contributed by atoms with Gasteiger partial charge in [0.2, 0.25) is 11.9 Å². The summed E-state index contributed by atoms with van der Waals surface area (Å²) in [5.41, 5.74) is 8.99. The Morgan fingerprint density at radius 3 is 2.27 bits per heavy atom. The molecule has 2 aliphatic rings. The first-order valence-electron chi connectivity index (χ1n) is 15.0. The minimum atomic E-state index is -1.22. The van der Waals surface area contributed by atoms with Crippen molar-refractivity contribution in [2.24, 2.45) is 5.73 Å². The SMILES string of the molecule is N[C@@H]1CCN(c2nc(NCC(c3ccc(O)cc3)c3ccc(O)cc3)c3ncn([C@@H]4C[C@H](NC(=O)CCO)[C@@H](O)[C@H]4O)c3n2)C1. The van der Waals surface area contributed by atoms with E-state index in [2.05, 4.69) is 15.6 Å². The monoisotopic (exact) mass is 618 g/mol. The van der Waals surface area contributed by atoms with E-state index in [0.29, 0.717) is 42.6 Å². The van der Waals surface area contributed by atoms with E-state index in [0.717, 1.165) is 17.5 Å². The number of anilines is 2. The fraction of sp³-hybridized carbons (Fsp3) is 0.419. The van der Waals surface area contributed by atoms with Crippen LogP contribution in [0.4, 0.5) is 11.8 Å². The summed E-state index contributed by atoms with van der Waals surface area (Å²) in [6, 6.07) is 12.5.